The van der Waals surface area contributed by atoms with Gasteiger partial charge in [-0.05, 0) is 44.4 Å². The second kappa shape index (κ2) is 8.68. The fourth-order valence-electron chi connectivity index (χ4n) is 1.77. The Morgan fingerprint density at radius 2 is 2.25 bits per heavy atom. The van der Waals surface area contributed by atoms with Crippen molar-refractivity contribution in [1.29, 1.82) is 0 Å². The summed E-state index contributed by atoms with van der Waals surface area (Å²) >= 11 is 1.78. The highest BCUT2D eigenvalue weighted by Gasteiger charge is 2.13. The lowest BCUT2D eigenvalue weighted by molar-refractivity contribution is 0.0939. The molecule has 0 heterocycles. The molecule has 1 amide bonds. The molecular weight excluding hydrogens is 268 g/mol. The van der Waals surface area contributed by atoms with Crippen molar-refractivity contribution in [2.24, 2.45) is 5.73 Å². The molecule has 1 rings (SSSR count). The van der Waals surface area contributed by atoms with Gasteiger partial charge in [-0.2, -0.15) is 11.8 Å². The molecule has 0 saturated carbocycles. The molecule has 0 spiro atoms. The minimum atomic E-state index is -0.0661. The Bertz CT molecular complexity index is 517. The standard InChI is InChI=1S/C16H22N2OS/c1-12-6-7-14(5-4-9-17)15(11-12)16(19)18-13(2)8-10-20-3/h6-7,11,13H,8-10,17H2,1-3H3,(H,18,19). The number of amides is 1. The molecule has 0 saturated heterocycles. The van der Waals surface area contributed by atoms with Gasteiger partial charge in [-0.1, -0.05) is 23.5 Å². The Balaban J connectivity index is 2.88. The van der Waals surface area contributed by atoms with Gasteiger partial charge >= 0.3 is 0 Å². The largest absolute Gasteiger partial charge is 0.350 e. The van der Waals surface area contributed by atoms with Gasteiger partial charge in [0.15, 0.2) is 0 Å². The third kappa shape index (κ3) is 5.28. The third-order valence-corrected chi connectivity index (χ3v) is 3.52. The minimum Gasteiger partial charge on any atom is -0.350 e. The first-order valence-electron chi connectivity index (χ1n) is 6.68. The van der Waals surface area contributed by atoms with Crippen molar-refractivity contribution in [1.82, 2.24) is 5.32 Å². The van der Waals surface area contributed by atoms with Gasteiger partial charge in [0.1, 0.15) is 0 Å². The Morgan fingerprint density at radius 3 is 2.90 bits per heavy atom. The van der Waals surface area contributed by atoms with Crippen molar-refractivity contribution in [2.45, 2.75) is 26.3 Å². The van der Waals surface area contributed by atoms with E-state index < -0.39 is 0 Å². The van der Waals surface area contributed by atoms with Crippen molar-refractivity contribution in [3.05, 3.63) is 34.9 Å². The fourth-order valence-corrected chi connectivity index (χ4v) is 2.36. The van der Waals surface area contributed by atoms with Crippen molar-refractivity contribution < 1.29 is 4.79 Å². The van der Waals surface area contributed by atoms with Gasteiger partial charge in [-0.3, -0.25) is 4.79 Å². The number of nitrogens with two attached hydrogens (primary N) is 1. The van der Waals surface area contributed by atoms with Crippen LogP contribution in [0.2, 0.25) is 0 Å². The second-order valence-electron chi connectivity index (χ2n) is 4.71. The molecule has 1 atom stereocenters. The lowest BCUT2D eigenvalue weighted by atomic mass is 10.0. The monoisotopic (exact) mass is 290 g/mol. The molecule has 3 N–H and O–H groups in total. The zero-order valence-electron chi connectivity index (χ0n) is 12.3. The van der Waals surface area contributed by atoms with E-state index >= 15 is 0 Å². The van der Waals surface area contributed by atoms with E-state index in [0.717, 1.165) is 23.3 Å². The smallest absolute Gasteiger partial charge is 0.252 e. The van der Waals surface area contributed by atoms with Crippen molar-refractivity contribution >= 4 is 17.7 Å². The first kappa shape index (κ1) is 16.6. The molecule has 4 heteroatoms. The minimum absolute atomic E-state index is 0.0661. The summed E-state index contributed by atoms with van der Waals surface area (Å²) in [6, 6.07) is 5.86. The summed E-state index contributed by atoms with van der Waals surface area (Å²) in [6.45, 7) is 4.28. The molecular formula is C16H22N2OS. The maximum atomic E-state index is 12.3. The van der Waals surface area contributed by atoms with E-state index in [1.807, 2.05) is 32.0 Å². The Labute approximate surface area is 125 Å². The normalized spacial score (nSPS) is 11.4. The number of carbonyl (C=O) groups excluding carboxylic acids is 1. The highest BCUT2D eigenvalue weighted by Crippen LogP contribution is 2.12. The first-order chi connectivity index (χ1) is 9.58. The average Bonchev–Trinajstić information content (AvgIpc) is 2.43. The Kier molecular flexibility index (Phi) is 7.21. The number of aryl methyl sites for hydroxylation is 1. The Hall–Kier alpha value is -1.44. The number of carbonyl (C=O) groups is 1. The van der Waals surface area contributed by atoms with E-state index in [1.54, 1.807) is 11.8 Å². The maximum absolute atomic E-state index is 12.3. The van der Waals surface area contributed by atoms with Gasteiger partial charge in [0, 0.05) is 11.6 Å². The van der Waals surface area contributed by atoms with E-state index in [-0.39, 0.29) is 11.9 Å². The maximum Gasteiger partial charge on any atom is 0.252 e. The predicted octanol–water partition coefficient (Wildman–Crippen LogP) is 2.18. The van der Waals surface area contributed by atoms with Crippen molar-refractivity contribution in [3.63, 3.8) is 0 Å². The van der Waals surface area contributed by atoms with Crippen LogP contribution >= 0.6 is 11.8 Å². The van der Waals surface area contributed by atoms with Gasteiger partial charge < -0.3 is 11.1 Å². The number of thioether (sulfide) groups is 1. The molecule has 0 fully saturated rings. The summed E-state index contributed by atoms with van der Waals surface area (Å²) < 4.78 is 0. The van der Waals surface area contributed by atoms with Crippen LogP contribution in [0.5, 0.6) is 0 Å². The summed E-state index contributed by atoms with van der Waals surface area (Å²) in [6.07, 6.45) is 3.03. The van der Waals surface area contributed by atoms with Crippen LogP contribution in [0, 0.1) is 18.8 Å². The lowest BCUT2D eigenvalue weighted by Crippen LogP contribution is -2.33. The predicted molar refractivity (Wildman–Crippen MR) is 87.0 cm³/mol. The molecule has 108 valence electrons. The van der Waals surface area contributed by atoms with Crippen LogP contribution in [0.1, 0.15) is 34.8 Å². The molecule has 0 aliphatic rings. The van der Waals surface area contributed by atoms with Gasteiger partial charge in [0.25, 0.3) is 5.91 Å². The lowest BCUT2D eigenvalue weighted by Gasteiger charge is -2.14. The highest BCUT2D eigenvalue weighted by molar-refractivity contribution is 7.98. The van der Waals surface area contributed by atoms with Crippen LogP contribution < -0.4 is 11.1 Å². The topological polar surface area (TPSA) is 55.1 Å². The average molecular weight is 290 g/mol. The zero-order valence-corrected chi connectivity index (χ0v) is 13.1. The molecule has 1 aromatic carbocycles. The van der Waals surface area contributed by atoms with Crippen LogP contribution in [0.4, 0.5) is 0 Å². The summed E-state index contributed by atoms with van der Waals surface area (Å²) in [7, 11) is 0. The van der Waals surface area contributed by atoms with E-state index in [2.05, 4.69) is 23.4 Å². The quantitative estimate of drug-likeness (QED) is 0.817. The number of hydrogen-bond donors (Lipinski definition) is 2. The SMILES string of the molecule is CSCCC(C)NC(=O)c1cc(C)ccc1C#CCN. The molecule has 0 aliphatic carbocycles. The van der Waals surface area contributed by atoms with Crippen LogP contribution in [-0.4, -0.2) is 30.5 Å². The number of benzene rings is 1. The van der Waals surface area contributed by atoms with E-state index in [9.17, 15) is 4.79 Å². The Morgan fingerprint density at radius 1 is 1.50 bits per heavy atom. The molecule has 3 nitrogen and oxygen atoms in total. The van der Waals surface area contributed by atoms with E-state index in [0.29, 0.717) is 12.1 Å². The van der Waals surface area contributed by atoms with Crippen LogP contribution in [0.25, 0.3) is 0 Å². The number of nitrogens with one attached hydrogen (secondary N) is 1. The van der Waals surface area contributed by atoms with Crippen LogP contribution in [-0.2, 0) is 0 Å². The molecule has 20 heavy (non-hydrogen) atoms. The molecule has 0 aliphatic heterocycles. The van der Waals surface area contributed by atoms with Crippen LogP contribution in [0.15, 0.2) is 18.2 Å². The van der Waals surface area contributed by atoms with Gasteiger partial charge in [0.05, 0.1) is 12.1 Å². The number of rotatable bonds is 5. The first-order valence-corrected chi connectivity index (χ1v) is 8.07. The molecule has 0 aromatic heterocycles. The zero-order chi connectivity index (χ0) is 15.0. The van der Waals surface area contributed by atoms with E-state index in [4.69, 9.17) is 5.73 Å². The molecule has 0 bridgehead atoms. The summed E-state index contributed by atoms with van der Waals surface area (Å²) in [5.74, 6) is 6.73. The summed E-state index contributed by atoms with van der Waals surface area (Å²) in [4.78, 5) is 12.3. The van der Waals surface area contributed by atoms with Crippen LogP contribution in [0.3, 0.4) is 0 Å². The molecule has 1 unspecified atom stereocenters. The number of hydrogen-bond acceptors (Lipinski definition) is 3. The highest BCUT2D eigenvalue weighted by atomic mass is 32.2. The van der Waals surface area contributed by atoms with Gasteiger partial charge in [-0.25, -0.2) is 0 Å². The molecule has 0 radical (unpaired) electrons. The van der Waals surface area contributed by atoms with Gasteiger partial charge in [-0.15, -0.1) is 0 Å². The van der Waals surface area contributed by atoms with E-state index in [1.165, 1.54) is 0 Å². The van der Waals surface area contributed by atoms with Crippen molar-refractivity contribution in [3.8, 4) is 11.8 Å². The van der Waals surface area contributed by atoms with Crippen molar-refractivity contribution in [2.75, 3.05) is 18.6 Å². The fraction of sp³-hybridized carbons (Fsp3) is 0.438. The third-order valence-electron chi connectivity index (χ3n) is 2.88. The summed E-state index contributed by atoms with van der Waals surface area (Å²) in [5.41, 5.74) is 7.80. The summed E-state index contributed by atoms with van der Waals surface area (Å²) in [5, 5.41) is 3.02. The second-order valence-corrected chi connectivity index (χ2v) is 5.70. The van der Waals surface area contributed by atoms with Gasteiger partial charge in [0.2, 0.25) is 0 Å². The molecule has 1 aromatic rings.